The van der Waals surface area contributed by atoms with Crippen LogP contribution in [0.4, 0.5) is 0 Å². The van der Waals surface area contributed by atoms with E-state index in [9.17, 15) is 4.79 Å². The Morgan fingerprint density at radius 3 is 2.84 bits per heavy atom. The smallest absolute Gasteiger partial charge is 0.268 e. The van der Waals surface area contributed by atoms with E-state index in [1.807, 2.05) is 16.8 Å². The molecular formula is C14H23BrN2O2. The van der Waals surface area contributed by atoms with Crippen LogP contribution in [0.3, 0.4) is 0 Å². The molecule has 19 heavy (non-hydrogen) atoms. The monoisotopic (exact) mass is 330 g/mol. The van der Waals surface area contributed by atoms with Gasteiger partial charge in [0.2, 0.25) is 0 Å². The second kappa shape index (κ2) is 9.15. The van der Waals surface area contributed by atoms with Gasteiger partial charge in [-0.2, -0.15) is 0 Å². The van der Waals surface area contributed by atoms with E-state index < -0.39 is 0 Å². The lowest BCUT2D eigenvalue weighted by Gasteiger charge is -2.09. The van der Waals surface area contributed by atoms with Gasteiger partial charge < -0.3 is 14.6 Å². The number of halogens is 1. The lowest BCUT2D eigenvalue weighted by molar-refractivity contribution is 0.0904. The maximum Gasteiger partial charge on any atom is 0.268 e. The fraction of sp³-hybridized carbons (Fsp3) is 0.643. The van der Waals surface area contributed by atoms with Gasteiger partial charge in [-0.3, -0.25) is 4.79 Å². The number of nitrogens with one attached hydrogen (secondary N) is 1. The van der Waals surface area contributed by atoms with E-state index >= 15 is 0 Å². The summed E-state index contributed by atoms with van der Waals surface area (Å²) in [5.41, 5.74) is 0.697. The summed E-state index contributed by atoms with van der Waals surface area (Å²) in [6.45, 7) is 6.96. The molecule has 0 saturated heterocycles. The highest BCUT2D eigenvalue weighted by Crippen LogP contribution is 2.15. The first-order valence-corrected chi connectivity index (χ1v) is 7.70. The Morgan fingerprint density at radius 2 is 2.16 bits per heavy atom. The Kier molecular flexibility index (Phi) is 7.82. The fourth-order valence-electron chi connectivity index (χ4n) is 1.77. The van der Waals surface area contributed by atoms with E-state index in [-0.39, 0.29) is 5.91 Å². The molecule has 1 amide bonds. The van der Waals surface area contributed by atoms with Crippen LogP contribution in [0.5, 0.6) is 0 Å². The number of ether oxygens (including phenoxy) is 1. The van der Waals surface area contributed by atoms with Crippen LogP contribution < -0.4 is 5.32 Å². The predicted octanol–water partition coefficient (Wildman–Crippen LogP) is 3.21. The van der Waals surface area contributed by atoms with E-state index in [1.54, 1.807) is 0 Å². The van der Waals surface area contributed by atoms with E-state index in [2.05, 4.69) is 35.1 Å². The highest BCUT2D eigenvalue weighted by atomic mass is 79.9. The van der Waals surface area contributed by atoms with Gasteiger partial charge in [-0.25, -0.2) is 0 Å². The number of unbranched alkanes of at least 4 members (excludes halogenated alkanes) is 1. The van der Waals surface area contributed by atoms with Crippen molar-refractivity contribution in [3.63, 3.8) is 0 Å². The maximum absolute atomic E-state index is 12.0. The molecule has 0 fully saturated rings. The molecule has 1 rings (SSSR count). The molecule has 0 bridgehead atoms. The first-order valence-electron chi connectivity index (χ1n) is 6.90. The topological polar surface area (TPSA) is 43.3 Å². The number of carbonyl (C=O) groups excluding carboxylic acids is 1. The molecule has 4 nitrogen and oxygen atoms in total. The number of aromatic nitrogens is 1. The van der Waals surface area contributed by atoms with E-state index in [4.69, 9.17) is 4.74 Å². The first kappa shape index (κ1) is 16.2. The average Bonchev–Trinajstić information content (AvgIpc) is 2.75. The molecule has 108 valence electrons. The summed E-state index contributed by atoms with van der Waals surface area (Å²) in [6.07, 6.45) is 5.14. The van der Waals surface area contributed by atoms with Crippen LogP contribution >= 0.6 is 15.9 Å². The maximum atomic E-state index is 12.0. The van der Waals surface area contributed by atoms with Crippen LogP contribution in [0.2, 0.25) is 0 Å². The first-order chi connectivity index (χ1) is 9.19. The third-order valence-corrected chi connectivity index (χ3v) is 3.17. The Morgan fingerprint density at radius 1 is 1.37 bits per heavy atom. The van der Waals surface area contributed by atoms with Crippen molar-refractivity contribution in [3.8, 4) is 0 Å². The van der Waals surface area contributed by atoms with E-state index in [1.165, 1.54) is 0 Å². The predicted molar refractivity (Wildman–Crippen MR) is 80.5 cm³/mol. The highest BCUT2D eigenvalue weighted by molar-refractivity contribution is 9.10. The van der Waals surface area contributed by atoms with Gasteiger partial charge in [0.25, 0.3) is 5.91 Å². The molecule has 0 spiro atoms. The van der Waals surface area contributed by atoms with Crippen molar-refractivity contribution in [1.29, 1.82) is 0 Å². The van der Waals surface area contributed by atoms with Gasteiger partial charge in [0, 0.05) is 30.4 Å². The normalized spacial score (nSPS) is 10.7. The Bertz CT molecular complexity index is 391. The fourth-order valence-corrected chi connectivity index (χ4v) is 2.23. The molecular weight excluding hydrogens is 308 g/mol. The Hall–Kier alpha value is -0.810. The lowest BCUT2D eigenvalue weighted by atomic mass is 10.3. The minimum absolute atomic E-state index is 0.0433. The van der Waals surface area contributed by atoms with Gasteiger partial charge in [0.15, 0.2) is 0 Å². The molecule has 0 atom stereocenters. The molecule has 1 aromatic rings. The summed E-state index contributed by atoms with van der Waals surface area (Å²) < 4.78 is 8.32. The molecule has 1 aromatic heterocycles. The number of aryl methyl sites for hydroxylation is 1. The molecule has 5 heteroatoms. The summed E-state index contributed by atoms with van der Waals surface area (Å²) in [5.74, 6) is -0.0433. The van der Waals surface area contributed by atoms with Crippen LogP contribution in [-0.2, 0) is 11.3 Å². The number of rotatable bonds is 9. The van der Waals surface area contributed by atoms with Crippen molar-refractivity contribution in [2.45, 2.75) is 39.7 Å². The highest BCUT2D eigenvalue weighted by Gasteiger charge is 2.11. The summed E-state index contributed by atoms with van der Waals surface area (Å²) >= 11 is 3.41. The third kappa shape index (κ3) is 5.78. The van der Waals surface area contributed by atoms with Crippen molar-refractivity contribution >= 4 is 21.8 Å². The largest absolute Gasteiger partial charge is 0.380 e. The minimum Gasteiger partial charge on any atom is -0.380 e. The number of nitrogens with zero attached hydrogens (tertiary/aromatic N) is 1. The van der Waals surface area contributed by atoms with Gasteiger partial charge in [0.1, 0.15) is 5.69 Å². The summed E-state index contributed by atoms with van der Waals surface area (Å²) in [6, 6.07) is 1.85. The van der Waals surface area contributed by atoms with Gasteiger partial charge in [-0.1, -0.05) is 20.3 Å². The van der Waals surface area contributed by atoms with Crippen molar-refractivity contribution in [2.75, 3.05) is 19.8 Å². The van der Waals surface area contributed by atoms with Gasteiger partial charge in [0.05, 0.1) is 6.61 Å². The number of amides is 1. The molecule has 0 aromatic carbocycles. The number of carbonyl (C=O) groups is 1. The van der Waals surface area contributed by atoms with Crippen LogP contribution in [0.1, 0.15) is 43.6 Å². The number of hydrogen-bond acceptors (Lipinski definition) is 2. The van der Waals surface area contributed by atoms with Crippen LogP contribution in [0, 0.1) is 0 Å². The second-order valence-electron chi connectivity index (χ2n) is 4.46. The average molecular weight is 331 g/mol. The van der Waals surface area contributed by atoms with Crippen molar-refractivity contribution in [2.24, 2.45) is 0 Å². The Balaban J connectivity index is 2.36. The quantitative estimate of drug-likeness (QED) is 0.706. The van der Waals surface area contributed by atoms with Crippen molar-refractivity contribution < 1.29 is 9.53 Å². The molecule has 1 N–H and O–H groups in total. The van der Waals surface area contributed by atoms with Gasteiger partial charge in [-0.15, -0.1) is 0 Å². The van der Waals surface area contributed by atoms with Crippen LogP contribution in [-0.4, -0.2) is 30.2 Å². The summed E-state index contributed by atoms with van der Waals surface area (Å²) in [4.78, 5) is 12.0. The third-order valence-electron chi connectivity index (χ3n) is 2.73. The van der Waals surface area contributed by atoms with Gasteiger partial charge in [-0.05, 0) is 34.8 Å². The zero-order chi connectivity index (χ0) is 14.1. The van der Waals surface area contributed by atoms with Crippen molar-refractivity contribution in [3.05, 3.63) is 22.4 Å². The molecule has 0 unspecified atom stereocenters. The number of hydrogen-bond donors (Lipinski definition) is 1. The van der Waals surface area contributed by atoms with Crippen molar-refractivity contribution in [1.82, 2.24) is 9.88 Å². The van der Waals surface area contributed by atoms with E-state index in [0.717, 1.165) is 36.9 Å². The van der Waals surface area contributed by atoms with Crippen LogP contribution in [0.25, 0.3) is 0 Å². The summed E-state index contributed by atoms with van der Waals surface area (Å²) in [5, 5.41) is 2.88. The molecule has 0 aliphatic heterocycles. The molecule has 0 aliphatic carbocycles. The second-order valence-corrected chi connectivity index (χ2v) is 5.37. The summed E-state index contributed by atoms with van der Waals surface area (Å²) in [7, 11) is 0. The SMILES string of the molecule is CCCCOCCNC(=O)c1cc(Br)cn1CCC. The molecule has 0 radical (unpaired) electrons. The van der Waals surface area contributed by atoms with E-state index in [0.29, 0.717) is 18.8 Å². The van der Waals surface area contributed by atoms with Crippen LogP contribution in [0.15, 0.2) is 16.7 Å². The standard InChI is InChI=1S/C14H23BrN2O2/c1-3-5-8-19-9-6-16-14(18)13-10-12(15)11-17(13)7-4-2/h10-11H,3-9H2,1-2H3,(H,16,18). The zero-order valence-corrected chi connectivity index (χ0v) is 13.3. The minimum atomic E-state index is -0.0433. The van der Waals surface area contributed by atoms with Gasteiger partial charge >= 0.3 is 0 Å². The molecule has 1 heterocycles. The molecule has 0 aliphatic rings. The molecule has 0 saturated carbocycles. The lowest BCUT2D eigenvalue weighted by Crippen LogP contribution is -2.29. The zero-order valence-electron chi connectivity index (χ0n) is 11.7. The Labute approximate surface area is 123 Å².